The van der Waals surface area contributed by atoms with Gasteiger partial charge in [-0.15, -0.1) is 0 Å². The summed E-state index contributed by atoms with van der Waals surface area (Å²) < 4.78 is 4.30. The van der Waals surface area contributed by atoms with Crippen molar-refractivity contribution < 1.29 is 0 Å². The highest BCUT2D eigenvalue weighted by Gasteiger charge is 2.28. The predicted molar refractivity (Wildman–Crippen MR) is 105 cm³/mol. The fraction of sp³-hybridized carbons (Fsp3) is 0.286. The summed E-state index contributed by atoms with van der Waals surface area (Å²) >= 11 is 0. The third-order valence-corrected chi connectivity index (χ3v) is 5.52. The van der Waals surface area contributed by atoms with E-state index in [0.717, 1.165) is 54.0 Å². The van der Waals surface area contributed by atoms with Crippen LogP contribution in [-0.2, 0) is 6.54 Å². The Bertz CT molecular complexity index is 1170. The third-order valence-electron chi connectivity index (χ3n) is 5.52. The van der Waals surface area contributed by atoms with Crippen LogP contribution in [-0.4, -0.2) is 31.5 Å². The number of pyridine rings is 1. The maximum Gasteiger partial charge on any atom is 0.157 e. The number of hydrogen-bond donors (Lipinski definition) is 0. The molecule has 0 amide bonds. The summed E-state index contributed by atoms with van der Waals surface area (Å²) in [6.07, 6.45) is 8.02. The Labute approximate surface area is 157 Å². The first-order chi connectivity index (χ1) is 13.3. The minimum absolute atomic E-state index is 0.399. The van der Waals surface area contributed by atoms with E-state index < -0.39 is 0 Å². The Morgan fingerprint density at radius 2 is 2.19 bits per heavy atom. The van der Waals surface area contributed by atoms with E-state index in [1.54, 1.807) is 0 Å². The molecule has 1 unspecified atom stereocenters. The van der Waals surface area contributed by atoms with Gasteiger partial charge in [-0.05, 0) is 43.5 Å². The number of imidazole rings is 2. The highest BCUT2D eigenvalue weighted by atomic mass is 15.3. The van der Waals surface area contributed by atoms with Crippen molar-refractivity contribution in [3.05, 3.63) is 60.2 Å². The summed E-state index contributed by atoms with van der Waals surface area (Å²) in [5.74, 6) is 1.12. The van der Waals surface area contributed by atoms with Crippen LogP contribution in [0.25, 0.3) is 16.7 Å². The predicted octanol–water partition coefficient (Wildman–Crippen LogP) is 3.53. The van der Waals surface area contributed by atoms with E-state index in [1.807, 2.05) is 43.8 Å². The second kappa shape index (κ2) is 6.13. The van der Waals surface area contributed by atoms with E-state index in [-0.39, 0.29) is 0 Å². The first-order valence-corrected chi connectivity index (χ1v) is 9.29. The van der Waals surface area contributed by atoms with Crippen molar-refractivity contribution in [3.63, 3.8) is 0 Å². The molecule has 1 aliphatic rings. The van der Waals surface area contributed by atoms with Crippen LogP contribution in [0.15, 0.2) is 49.1 Å². The van der Waals surface area contributed by atoms with Crippen molar-refractivity contribution in [2.75, 3.05) is 11.4 Å². The molecule has 134 valence electrons. The van der Waals surface area contributed by atoms with Crippen molar-refractivity contribution in [3.8, 4) is 6.07 Å². The SMILES string of the molecule is Cc1cc(N2CCCC2Cn2ccnc2)n2c(nc3ccccc32)c1C#N. The van der Waals surface area contributed by atoms with Gasteiger partial charge in [0.1, 0.15) is 11.9 Å². The van der Waals surface area contributed by atoms with Crippen LogP contribution in [0.2, 0.25) is 0 Å². The highest BCUT2D eigenvalue weighted by Crippen LogP contribution is 2.33. The molecule has 0 saturated carbocycles. The van der Waals surface area contributed by atoms with Gasteiger partial charge in [0.05, 0.1) is 22.9 Å². The Hall–Kier alpha value is -3.33. The largest absolute Gasteiger partial charge is 0.353 e. The first kappa shape index (κ1) is 15.9. The van der Waals surface area contributed by atoms with Gasteiger partial charge in [0.2, 0.25) is 0 Å². The average Bonchev–Trinajstić information content (AvgIpc) is 3.41. The topological polar surface area (TPSA) is 62.1 Å². The number of nitriles is 1. The van der Waals surface area contributed by atoms with Crippen LogP contribution in [0.5, 0.6) is 0 Å². The fourth-order valence-corrected chi connectivity index (χ4v) is 4.25. The van der Waals surface area contributed by atoms with Crippen LogP contribution in [0.4, 0.5) is 5.82 Å². The maximum atomic E-state index is 9.69. The summed E-state index contributed by atoms with van der Waals surface area (Å²) in [6.45, 7) is 3.92. The van der Waals surface area contributed by atoms with E-state index in [1.165, 1.54) is 0 Å². The molecular weight excluding hydrogens is 336 g/mol. The number of hydrogen-bond acceptors (Lipinski definition) is 4. The smallest absolute Gasteiger partial charge is 0.157 e. The molecule has 4 aromatic rings. The molecule has 0 spiro atoms. The Morgan fingerprint density at radius 3 is 3.00 bits per heavy atom. The Kier molecular flexibility index (Phi) is 3.61. The number of fused-ring (bicyclic) bond motifs is 3. The van der Waals surface area contributed by atoms with Crippen LogP contribution < -0.4 is 4.90 Å². The lowest BCUT2D eigenvalue weighted by atomic mass is 10.1. The number of rotatable bonds is 3. The molecule has 6 nitrogen and oxygen atoms in total. The van der Waals surface area contributed by atoms with Gasteiger partial charge in [-0.2, -0.15) is 5.26 Å². The van der Waals surface area contributed by atoms with Crippen LogP contribution >= 0.6 is 0 Å². The molecule has 0 N–H and O–H groups in total. The maximum absolute atomic E-state index is 9.69. The fourth-order valence-electron chi connectivity index (χ4n) is 4.25. The monoisotopic (exact) mass is 356 g/mol. The number of aromatic nitrogens is 4. The summed E-state index contributed by atoms with van der Waals surface area (Å²) in [4.78, 5) is 11.4. The first-order valence-electron chi connectivity index (χ1n) is 9.29. The van der Waals surface area contributed by atoms with Gasteiger partial charge in [0.25, 0.3) is 0 Å². The van der Waals surface area contributed by atoms with E-state index in [2.05, 4.69) is 37.1 Å². The molecule has 1 saturated heterocycles. The summed E-state index contributed by atoms with van der Waals surface area (Å²) in [7, 11) is 0. The van der Waals surface area contributed by atoms with Crippen LogP contribution in [0.3, 0.4) is 0 Å². The lowest BCUT2D eigenvalue weighted by Gasteiger charge is -2.28. The normalized spacial score (nSPS) is 17.0. The van der Waals surface area contributed by atoms with Crippen molar-refractivity contribution in [1.82, 2.24) is 18.9 Å². The van der Waals surface area contributed by atoms with Crippen molar-refractivity contribution >= 4 is 22.5 Å². The highest BCUT2D eigenvalue weighted by molar-refractivity contribution is 5.85. The zero-order valence-electron chi connectivity index (χ0n) is 15.2. The molecule has 27 heavy (non-hydrogen) atoms. The second-order valence-corrected chi connectivity index (χ2v) is 7.18. The van der Waals surface area contributed by atoms with Gasteiger partial charge in [0, 0.05) is 31.5 Å². The molecule has 0 radical (unpaired) electrons. The van der Waals surface area contributed by atoms with Gasteiger partial charge in [-0.25, -0.2) is 9.97 Å². The molecule has 0 aliphatic carbocycles. The van der Waals surface area contributed by atoms with Crippen molar-refractivity contribution in [1.29, 1.82) is 5.26 Å². The zero-order valence-corrected chi connectivity index (χ0v) is 15.2. The lowest BCUT2D eigenvalue weighted by molar-refractivity contribution is 0.546. The molecule has 6 heteroatoms. The van der Waals surface area contributed by atoms with Gasteiger partial charge >= 0.3 is 0 Å². The lowest BCUT2D eigenvalue weighted by Crippen LogP contribution is -2.34. The molecular formula is C21H20N6. The van der Waals surface area contributed by atoms with Gasteiger partial charge in [0.15, 0.2) is 5.65 Å². The van der Waals surface area contributed by atoms with Crippen LogP contribution in [0, 0.1) is 18.3 Å². The number of benzene rings is 1. The Balaban J connectivity index is 1.71. The minimum atomic E-state index is 0.399. The van der Waals surface area contributed by atoms with Gasteiger partial charge < -0.3 is 9.47 Å². The zero-order chi connectivity index (χ0) is 18.4. The minimum Gasteiger partial charge on any atom is -0.353 e. The molecule has 1 aliphatic heterocycles. The third kappa shape index (κ3) is 2.47. The number of nitrogens with zero attached hydrogens (tertiary/aromatic N) is 6. The van der Waals surface area contributed by atoms with Crippen LogP contribution in [0.1, 0.15) is 24.0 Å². The quantitative estimate of drug-likeness (QED) is 0.563. The van der Waals surface area contributed by atoms with E-state index in [4.69, 9.17) is 4.98 Å². The Morgan fingerprint density at radius 1 is 1.30 bits per heavy atom. The van der Waals surface area contributed by atoms with E-state index >= 15 is 0 Å². The second-order valence-electron chi connectivity index (χ2n) is 7.18. The molecule has 1 aromatic carbocycles. The molecule has 0 bridgehead atoms. The number of anilines is 1. The molecule has 5 rings (SSSR count). The summed E-state index contributed by atoms with van der Waals surface area (Å²) in [5, 5.41) is 9.69. The molecule has 3 aromatic heterocycles. The van der Waals surface area contributed by atoms with E-state index in [9.17, 15) is 5.26 Å². The van der Waals surface area contributed by atoms with E-state index in [0.29, 0.717) is 11.6 Å². The number of aryl methyl sites for hydroxylation is 1. The average molecular weight is 356 g/mol. The van der Waals surface area contributed by atoms with Crippen molar-refractivity contribution in [2.45, 2.75) is 32.4 Å². The molecule has 4 heterocycles. The van der Waals surface area contributed by atoms with Gasteiger partial charge in [-0.3, -0.25) is 4.40 Å². The van der Waals surface area contributed by atoms with Crippen molar-refractivity contribution in [2.24, 2.45) is 0 Å². The summed E-state index contributed by atoms with van der Waals surface area (Å²) in [5.41, 5.74) is 4.35. The standard InChI is InChI=1S/C21H20N6/c1-15-11-20(26-9-4-5-16(26)13-25-10-8-23-14-25)27-19-7-3-2-6-18(19)24-21(27)17(15)12-22/h2-3,6-8,10-11,14,16H,4-5,9,13H2,1H3. The summed E-state index contributed by atoms with van der Waals surface area (Å²) in [6, 6.07) is 13.0. The molecule has 1 atom stereocenters. The molecule has 1 fully saturated rings. The van der Waals surface area contributed by atoms with Gasteiger partial charge in [-0.1, -0.05) is 12.1 Å². The number of para-hydroxylation sites is 2.